The SMILES string of the molecule is Cc1ccc(C(C)NCc2ccc(C(F)(F)F)cc2)cc1. The van der Waals surface area contributed by atoms with E-state index in [1.54, 1.807) is 0 Å². The maximum absolute atomic E-state index is 12.5. The first kappa shape index (κ1) is 15.6. The van der Waals surface area contributed by atoms with E-state index < -0.39 is 11.7 Å². The standard InChI is InChI=1S/C17H18F3N/c1-12-3-7-15(8-4-12)13(2)21-11-14-5-9-16(10-6-14)17(18,19)20/h3-10,13,21H,11H2,1-2H3. The molecule has 1 nitrogen and oxygen atoms in total. The van der Waals surface area contributed by atoms with Gasteiger partial charge in [-0.3, -0.25) is 0 Å². The third-order valence-corrected chi connectivity index (χ3v) is 3.47. The smallest absolute Gasteiger partial charge is 0.306 e. The molecule has 1 N–H and O–H groups in total. The molecule has 0 saturated carbocycles. The molecule has 1 unspecified atom stereocenters. The maximum atomic E-state index is 12.5. The molecule has 0 amide bonds. The highest BCUT2D eigenvalue weighted by Crippen LogP contribution is 2.29. The zero-order chi connectivity index (χ0) is 15.5. The second-order valence-electron chi connectivity index (χ2n) is 5.21. The van der Waals surface area contributed by atoms with Gasteiger partial charge in [0.25, 0.3) is 0 Å². The number of hydrogen-bond donors (Lipinski definition) is 1. The van der Waals surface area contributed by atoms with Gasteiger partial charge in [0.1, 0.15) is 0 Å². The summed E-state index contributed by atoms with van der Waals surface area (Å²) in [5.41, 5.74) is 2.58. The number of hydrogen-bond acceptors (Lipinski definition) is 1. The average Bonchev–Trinajstić information content (AvgIpc) is 2.45. The highest BCUT2D eigenvalue weighted by molar-refractivity contribution is 5.26. The lowest BCUT2D eigenvalue weighted by Gasteiger charge is -2.15. The molecule has 0 aliphatic heterocycles. The van der Waals surface area contributed by atoms with Crippen molar-refractivity contribution in [2.24, 2.45) is 0 Å². The van der Waals surface area contributed by atoms with E-state index in [2.05, 4.69) is 17.4 Å². The summed E-state index contributed by atoms with van der Waals surface area (Å²) in [4.78, 5) is 0. The fourth-order valence-corrected chi connectivity index (χ4v) is 2.06. The minimum absolute atomic E-state index is 0.146. The van der Waals surface area contributed by atoms with Crippen LogP contribution < -0.4 is 5.32 Å². The van der Waals surface area contributed by atoms with Crippen LogP contribution in [0.5, 0.6) is 0 Å². The number of rotatable bonds is 4. The first-order valence-corrected chi connectivity index (χ1v) is 6.82. The molecule has 0 aliphatic carbocycles. The highest BCUT2D eigenvalue weighted by Gasteiger charge is 2.29. The highest BCUT2D eigenvalue weighted by atomic mass is 19.4. The number of nitrogens with one attached hydrogen (secondary N) is 1. The molecule has 0 saturated heterocycles. The van der Waals surface area contributed by atoms with Crippen LogP contribution in [0, 0.1) is 6.92 Å². The third kappa shape index (κ3) is 4.33. The van der Waals surface area contributed by atoms with Crippen LogP contribution in [0.2, 0.25) is 0 Å². The quantitative estimate of drug-likeness (QED) is 0.848. The van der Waals surface area contributed by atoms with Gasteiger partial charge in [-0.05, 0) is 37.1 Å². The average molecular weight is 293 g/mol. The van der Waals surface area contributed by atoms with Crippen molar-refractivity contribution in [3.8, 4) is 0 Å². The molecular weight excluding hydrogens is 275 g/mol. The van der Waals surface area contributed by atoms with Crippen molar-refractivity contribution in [1.29, 1.82) is 0 Å². The minimum atomic E-state index is -4.28. The molecule has 0 bridgehead atoms. The van der Waals surface area contributed by atoms with Crippen molar-refractivity contribution >= 4 is 0 Å². The Labute approximate surface area is 122 Å². The van der Waals surface area contributed by atoms with Gasteiger partial charge in [-0.2, -0.15) is 13.2 Å². The van der Waals surface area contributed by atoms with Crippen molar-refractivity contribution in [2.45, 2.75) is 32.6 Å². The van der Waals surface area contributed by atoms with Crippen molar-refractivity contribution in [1.82, 2.24) is 5.32 Å². The normalized spacial score (nSPS) is 13.2. The predicted octanol–water partition coefficient (Wildman–Crippen LogP) is 4.86. The fraction of sp³-hybridized carbons (Fsp3) is 0.294. The molecule has 0 fully saturated rings. The van der Waals surface area contributed by atoms with E-state index in [4.69, 9.17) is 0 Å². The van der Waals surface area contributed by atoms with E-state index in [0.29, 0.717) is 6.54 Å². The van der Waals surface area contributed by atoms with Gasteiger partial charge in [0, 0.05) is 12.6 Å². The lowest BCUT2D eigenvalue weighted by atomic mass is 10.1. The molecule has 112 valence electrons. The number of halogens is 3. The molecule has 2 rings (SSSR count). The van der Waals surface area contributed by atoms with Gasteiger partial charge in [0.2, 0.25) is 0 Å². The molecule has 0 heterocycles. The van der Waals surface area contributed by atoms with Gasteiger partial charge >= 0.3 is 6.18 Å². The van der Waals surface area contributed by atoms with Crippen LogP contribution in [0.15, 0.2) is 48.5 Å². The molecule has 2 aromatic rings. The van der Waals surface area contributed by atoms with E-state index >= 15 is 0 Å². The number of alkyl halides is 3. The van der Waals surface area contributed by atoms with Gasteiger partial charge in [-0.1, -0.05) is 42.0 Å². The molecule has 1 atom stereocenters. The zero-order valence-corrected chi connectivity index (χ0v) is 12.0. The zero-order valence-electron chi connectivity index (χ0n) is 12.0. The number of aryl methyl sites for hydroxylation is 1. The first-order chi connectivity index (χ1) is 9.86. The summed E-state index contributed by atoms with van der Waals surface area (Å²) in [5.74, 6) is 0. The van der Waals surface area contributed by atoms with E-state index in [1.165, 1.54) is 17.7 Å². The Morgan fingerprint density at radius 1 is 0.952 bits per heavy atom. The molecule has 21 heavy (non-hydrogen) atoms. The van der Waals surface area contributed by atoms with Crippen LogP contribution in [-0.2, 0) is 12.7 Å². The monoisotopic (exact) mass is 293 g/mol. The van der Waals surface area contributed by atoms with Crippen LogP contribution in [0.4, 0.5) is 13.2 Å². The molecule has 2 aromatic carbocycles. The fourth-order valence-electron chi connectivity index (χ4n) is 2.06. The van der Waals surface area contributed by atoms with E-state index in [1.807, 2.05) is 26.0 Å². The van der Waals surface area contributed by atoms with E-state index in [9.17, 15) is 13.2 Å². The maximum Gasteiger partial charge on any atom is 0.416 e. The predicted molar refractivity (Wildman–Crippen MR) is 77.9 cm³/mol. The van der Waals surface area contributed by atoms with Crippen LogP contribution in [0.3, 0.4) is 0 Å². The summed E-state index contributed by atoms with van der Waals surface area (Å²) in [6.45, 7) is 4.60. The number of benzene rings is 2. The van der Waals surface area contributed by atoms with Crippen molar-refractivity contribution in [2.75, 3.05) is 0 Å². The Hall–Kier alpha value is -1.81. The van der Waals surface area contributed by atoms with Gasteiger partial charge in [-0.15, -0.1) is 0 Å². The topological polar surface area (TPSA) is 12.0 Å². The Bertz CT molecular complexity index is 570. The Morgan fingerprint density at radius 3 is 2.05 bits per heavy atom. The van der Waals surface area contributed by atoms with Crippen molar-refractivity contribution in [3.05, 3.63) is 70.8 Å². The Morgan fingerprint density at radius 2 is 1.52 bits per heavy atom. The van der Waals surface area contributed by atoms with Crippen molar-refractivity contribution in [3.63, 3.8) is 0 Å². The summed E-state index contributed by atoms with van der Waals surface area (Å²) in [5, 5.41) is 3.31. The van der Waals surface area contributed by atoms with Gasteiger partial charge in [-0.25, -0.2) is 0 Å². The largest absolute Gasteiger partial charge is 0.416 e. The lowest BCUT2D eigenvalue weighted by Crippen LogP contribution is -2.18. The Kier molecular flexibility index (Phi) is 4.68. The second-order valence-corrected chi connectivity index (χ2v) is 5.21. The van der Waals surface area contributed by atoms with Gasteiger partial charge in [0.05, 0.1) is 5.56 Å². The summed E-state index contributed by atoms with van der Waals surface area (Å²) in [6.07, 6.45) is -4.28. The second kappa shape index (κ2) is 6.31. The summed E-state index contributed by atoms with van der Waals surface area (Å²) in [7, 11) is 0. The summed E-state index contributed by atoms with van der Waals surface area (Å²) in [6, 6.07) is 13.6. The molecule has 4 heteroatoms. The van der Waals surface area contributed by atoms with Crippen LogP contribution >= 0.6 is 0 Å². The van der Waals surface area contributed by atoms with Crippen LogP contribution in [0.1, 0.15) is 35.2 Å². The van der Waals surface area contributed by atoms with E-state index in [-0.39, 0.29) is 6.04 Å². The van der Waals surface area contributed by atoms with Gasteiger partial charge < -0.3 is 5.32 Å². The van der Waals surface area contributed by atoms with Crippen molar-refractivity contribution < 1.29 is 13.2 Å². The molecular formula is C17H18F3N. The summed E-state index contributed by atoms with van der Waals surface area (Å²) >= 11 is 0. The first-order valence-electron chi connectivity index (χ1n) is 6.82. The van der Waals surface area contributed by atoms with Crippen LogP contribution in [0.25, 0.3) is 0 Å². The van der Waals surface area contributed by atoms with Crippen LogP contribution in [-0.4, -0.2) is 0 Å². The summed E-state index contributed by atoms with van der Waals surface area (Å²) < 4.78 is 37.4. The third-order valence-electron chi connectivity index (χ3n) is 3.47. The minimum Gasteiger partial charge on any atom is -0.306 e. The Balaban J connectivity index is 1.95. The lowest BCUT2D eigenvalue weighted by molar-refractivity contribution is -0.137. The molecule has 0 aliphatic rings. The molecule has 0 spiro atoms. The molecule has 0 aromatic heterocycles. The molecule has 0 radical (unpaired) electrons. The van der Waals surface area contributed by atoms with Gasteiger partial charge in [0.15, 0.2) is 0 Å². The van der Waals surface area contributed by atoms with E-state index in [0.717, 1.165) is 23.3 Å².